The summed E-state index contributed by atoms with van der Waals surface area (Å²) >= 11 is 1.93. The quantitative estimate of drug-likeness (QED) is 0.533. The number of rotatable bonds is 1. The molecule has 0 aromatic carbocycles. The molecule has 1 unspecified atom stereocenters. The maximum Gasteiger partial charge on any atom is 0.125 e. The molecule has 1 rings (SSSR count). The fourth-order valence-corrected chi connectivity index (χ4v) is 2.57. The predicted octanol–water partition coefficient (Wildman–Crippen LogP) is 0.128. The van der Waals surface area contributed by atoms with E-state index in [2.05, 4.69) is 14.1 Å². The van der Waals surface area contributed by atoms with Crippen molar-refractivity contribution >= 4 is 11.8 Å². The smallest absolute Gasteiger partial charge is 0.125 e. The first-order valence-electron chi connectivity index (χ1n) is 3.18. The predicted molar refractivity (Wildman–Crippen MR) is 40.3 cm³/mol. The molecule has 1 saturated heterocycles. The third-order valence-corrected chi connectivity index (χ3v) is 3.40. The van der Waals surface area contributed by atoms with Crippen LogP contribution in [0.25, 0.3) is 0 Å². The van der Waals surface area contributed by atoms with E-state index in [1.807, 2.05) is 11.8 Å². The van der Waals surface area contributed by atoms with Gasteiger partial charge in [-0.05, 0) is 0 Å². The second-order valence-corrected chi connectivity index (χ2v) is 4.11. The molecule has 1 aliphatic heterocycles. The maximum absolute atomic E-state index is 8.87. The minimum absolute atomic E-state index is 0.333. The Morgan fingerprint density at radius 2 is 2.33 bits per heavy atom. The number of hydrogen-bond acceptors (Lipinski definition) is 2. The summed E-state index contributed by atoms with van der Waals surface area (Å²) in [5, 5.41) is 8.87. The molecule has 1 N–H and O–H groups in total. The summed E-state index contributed by atoms with van der Waals surface area (Å²) in [7, 11) is 4.34. The molecule has 9 heavy (non-hydrogen) atoms. The van der Waals surface area contributed by atoms with Gasteiger partial charge < -0.3 is 9.59 Å². The monoisotopic (exact) mass is 148 g/mol. The topological polar surface area (TPSA) is 20.2 Å². The average Bonchev–Trinajstić information content (AvgIpc) is 2.08. The van der Waals surface area contributed by atoms with Crippen LogP contribution in [-0.4, -0.2) is 48.0 Å². The van der Waals surface area contributed by atoms with Gasteiger partial charge >= 0.3 is 0 Å². The molecule has 0 aliphatic carbocycles. The molecule has 1 atom stereocenters. The zero-order valence-corrected chi connectivity index (χ0v) is 6.82. The highest BCUT2D eigenvalue weighted by atomic mass is 32.2. The van der Waals surface area contributed by atoms with E-state index >= 15 is 0 Å². The largest absolute Gasteiger partial charge is 0.390 e. The molecule has 0 radical (unpaired) electrons. The van der Waals surface area contributed by atoms with Gasteiger partial charge in [-0.3, -0.25) is 0 Å². The minimum Gasteiger partial charge on any atom is -0.390 e. The molecule has 1 aliphatic rings. The van der Waals surface area contributed by atoms with Gasteiger partial charge in [-0.1, -0.05) is 11.8 Å². The second kappa shape index (κ2) is 2.48. The summed E-state index contributed by atoms with van der Waals surface area (Å²) in [6.07, 6.45) is 0. The third kappa shape index (κ3) is 1.39. The molecule has 2 nitrogen and oxygen atoms in total. The summed E-state index contributed by atoms with van der Waals surface area (Å²) in [5.41, 5.74) is 0. The van der Waals surface area contributed by atoms with E-state index in [0.717, 1.165) is 16.1 Å². The van der Waals surface area contributed by atoms with E-state index in [1.165, 1.54) is 0 Å². The number of hydrogen-bond donors (Lipinski definition) is 1. The van der Waals surface area contributed by atoms with Crippen LogP contribution in [0.1, 0.15) is 0 Å². The Balaban J connectivity index is 2.52. The first-order chi connectivity index (χ1) is 4.17. The number of quaternary nitrogens is 1. The van der Waals surface area contributed by atoms with Crippen LogP contribution in [-0.2, 0) is 0 Å². The van der Waals surface area contributed by atoms with Gasteiger partial charge in [-0.15, -0.1) is 0 Å². The summed E-state index contributed by atoms with van der Waals surface area (Å²) in [6, 6.07) is 0.468. The Labute approximate surface area is 60.4 Å². The number of thioether (sulfide) groups is 1. The van der Waals surface area contributed by atoms with Crippen molar-refractivity contribution in [3.63, 3.8) is 0 Å². The summed E-state index contributed by atoms with van der Waals surface area (Å²) in [5.74, 6) is 2.26. The number of nitrogens with zero attached hydrogens (tertiary/aromatic N) is 1. The van der Waals surface area contributed by atoms with Crippen LogP contribution < -0.4 is 0 Å². The van der Waals surface area contributed by atoms with E-state index < -0.39 is 0 Å². The lowest BCUT2D eigenvalue weighted by atomic mass is 10.3. The summed E-state index contributed by atoms with van der Waals surface area (Å²) < 4.78 is 0.973. The first kappa shape index (κ1) is 7.38. The number of aliphatic hydroxyl groups excluding tert-OH is 1. The zero-order valence-electron chi connectivity index (χ0n) is 6.00. The Hall–Kier alpha value is 0.270. The Morgan fingerprint density at radius 1 is 1.67 bits per heavy atom. The van der Waals surface area contributed by atoms with E-state index in [0.29, 0.717) is 12.6 Å². The lowest BCUT2D eigenvalue weighted by Crippen LogP contribution is -2.46. The highest BCUT2D eigenvalue weighted by Gasteiger charge is 2.33. The van der Waals surface area contributed by atoms with Crippen LogP contribution in [0.4, 0.5) is 0 Å². The normalized spacial score (nSPS) is 33.0. The number of aliphatic hydroxyl groups is 1. The molecular weight excluding hydrogens is 134 g/mol. The van der Waals surface area contributed by atoms with E-state index in [9.17, 15) is 0 Å². The van der Waals surface area contributed by atoms with Crippen molar-refractivity contribution in [2.75, 3.05) is 32.3 Å². The van der Waals surface area contributed by atoms with Gasteiger partial charge in [-0.2, -0.15) is 0 Å². The fraction of sp³-hybridized carbons (Fsp3) is 1.00. The molecule has 0 amide bonds. The van der Waals surface area contributed by atoms with Gasteiger partial charge in [0.1, 0.15) is 11.9 Å². The van der Waals surface area contributed by atoms with Gasteiger partial charge in [0.25, 0.3) is 0 Å². The lowest BCUT2D eigenvalue weighted by Gasteiger charge is -2.28. The van der Waals surface area contributed by atoms with Crippen LogP contribution in [0, 0.1) is 0 Å². The van der Waals surface area contributed by atoms with Gasteiger partial charge in [0.15, 0.2) is 0 Å². The van der Waals surface area contributed by atoms with Crippen molar-refractivity contribution in [1.29, 1.82) is 0 Å². The maximum atomic E-state index is 8.87. The molecule has 0 aromatic rings. The van der Waals surface area contributed by atoms with Crippen LogP contribution in [0.2, 0.25) is 0 Å². The zero-order chi connectivity index (χ0) is 6.91. The van der Waals surface area contributed by atoms with E-state index in [1.54, 1.807) is 0 Å². The molecular formula is C6H14NOS+. The third-order valence-electron chi connectivity index (χ3n) is 1.93. The SMILES string of the molecule is C[N+]1(C)CSCC1CO. The highest BCUT2D eigenvalue weighted by Crippen LogP contribution is 2.24. The van der Waals surface area contributed by atoms with Gasteiger partial charge in [0.05, 0.1) is 26.5 Å². The molecule has 54 valence electrons. The van der Waals surface area contributed by atoms with Crippen molar-refractivity contribution < 1.29 is 9.59 Å². The molecule has 3 heteroatoms. The van der Waals surface area contributed by atoms with Crippen molar-refractivity contribution in [3.8, 4) is 0 Å². The Morgan fingerprint density at radius 3 is 2.56 bits per heavy atom. The first-order valence-corrected chi connectivity index (χ1v) is 4.33. The molecule has 0 bridgehead atoms. The van der Waals surface area contributed by atoms with Crippen molar-refractivity contribution in [3.05, 3.63) is 0 Å². The summed E-state index contributed by atoms with van der Waals surface area (Å²) in [6.45, 7) is 0.333. The lowest BCUT2D eigenvalue weighted by molar-refractivity contribution is -0.895. The Bertz CT molecular complexity index is 105. The van der Waals surface area contributed by atoms with Gasteiger partial charge in [-0.25, -0.2) is 0 Å². The molecule has 0 saturated carbocycles. The minimum atomic E-state index is 0.333. The van der Waals surface area contributed by atoms with Crippen LogP contribution in [0.3, 0.4) is 0 Å². The number of likely N-dealkylation sites (N-methyl/N-ethyl adjacent to an activating group) is 1. The van der Waals surface area contributed by atoms with E-state index in [4.69, 9.17) is 5.11 Å². The van der Waals surface area contributed by atoms with Crippen LogP contribution in [0.5, 0.6) is 0 Å². The molecule has 1 heterocycles. The summed E-state index contributed by atoms with van der Waals surface area (Å²) in [4.78, 5) is 0. The van der Waals surface area contributed by atoms with Crippen LogP contribution in [0.15, 0.2) is 0 Å². The highest BCUT2D eigenvalue weighted by molar-refractivity contribution is 7.99. The van der Waals surface area contributed by atoms with Crippen molar-refractivity contribution in [2.45, 2.75) is 6.04 Å². The molecule has 0 aromatic heterocycles. The molecule has 0 spiro atoms. The van der Waals surface area contributed by atoms with Crippen LogP contribution >= 0.6 is 11.8 Å². The average molecular weight is 148 g/mol. The van der Waals surface area contributed by atoms with Gasteiger partial charge in [0.2, 0.25) is 0 Å². The standard InChI is InChI=1S/C6H14NOS/c1-7(2)5-9-4-6(7)3-8/h6,8H,3-5H2,1-2H3/q+1. The molecule has 1 fully saturated rings. The fourth-order valence-electron chi connectivity index (χ4n) is 1.00. The Kier molecular flexibility index (Phi) is 2.03. The van der Waals surface area contributed by atoms with Crippen molar-refractivity contribution in [1.82, 2.24) is 0 Å². The van der Waals surface area contributed by atoms with Crippen molar-refractivity contribution in [2.24, 2.45) is 0 Å². The van der Waals surface area contributed by atoms with Gasteiger partial charge in [0, 0.05) is 0 Å². The second-order valence-electron chi connectivity index (χ2n) is 3.11. The van der Waals surface area contributed by atoms with E-state index in [-0.39, 0.29) is 0 Å².